The van der Waals surface area contributed by atoms with Gasteiger partial charge in [0.25, 0.3) is 5.91 Å². The summed E-state index contributed by atoms with van der Waals surface area (Å²) in [5, 5.41) is 3.58. The average Bonchev–Trinajstić information content (AvgIpc) is 3.27. The fourth-order valence-electron chi connectivity index (χ4n) is 3.38. The topological polar surface area (TPSA) is 98.5 Å². The lowest BCUT2D eigenvalue weighted by molar-refractivity contribution is 0.0925. The van der Waals surface area contributed by atoms with Crippen LogP contribution in [0.4, 0.5) is 0 Å². The molecule has 0 spiro atoms. The van der Waals surface area contributed by atoms with E-state index < -0.39 is 9.84 Å². The van der Waals surface area contributed by atoms with E-state index in [2.05, 4.69) is 10.3 Å². The van der Waals surface area contributed by atoms with Gasteiger partial charge in [0.15, 0.2) is 11.3 Å². The zero-order chi connectivity index (χ0) is 22.7. The summed E-state index contributed by atoms with van der Waals surface area (Å²) in [5.41, 5.74) is 2.02. The number of pyridine rings is 1. The third-order valence-electron chi connectivity index (χ3n) is 5.18. The van der Waals surface area contributed by atoms with Gasteiger partial charge in [-0.1, -0.05) is 25.1 Å². The summed E-state index contributed by atoms with van der Waals surface area (Å²) in [5.74, 6) is 0.320. The number of sulfone groups is 1. The number of aromatic nitrogens is 1. The van der Waals surface area contributed by atoms with Gasteiger partial charge in [0.05, 0.1) is 23.1 Å². The van der Waals surface area contributed by atoms with Gasteiger partial charge < -0.3 is 14.5 Å². The van der Waals surface area contributed by atoms with E-state index in [1.807, 2.05) is 6.92 Å². The summed E-state index contributed by atoms with van der Waals surface area (Å²) in [6.45, 7) is 2.14. The Bertz CT molecular complexity index is 1340. The average molecular weight is 451 g/mol. The number of fused-ring (bicyclic) bond motifs is 1. The fraction of sp³-hybridized carbons (Fsp3) is 0.167. The molecule has 7 nitrogen and oxygen atoms in total. The summed E-state index contributed by atoms with van der Waals surface area (Å²) in [6, 6.07) is 14.9. The van der Waals surface area contributed by atoms with Crippen molar-refractivity contribution in [2.24, 2.45) is 0 Å². The number of hydrogen-bond acceptors (Lipinski definition) is 6. The second-order valence-electron chi connectivity index (χ2n) is 7.18. The predicted molar refractivity (Wildman–Crippen MR) is 119 cm³/mol. The highest BCUT2D eigenvalue weighted by Crippen LogP contribution is 2.28. The largest absolute Gasteiger partial charge is 0.497 e. The maximum atomic E-state index is 13.2. The van der Waals surface area contributed by atoms with Crippen LogP contribution in [0.25, 0.3) is 11.0 Å². The molecule has 0 unspecified atom stereocenters. The number of methoxy groups -OCH3 is 1. The Labute approximate surface area is 186 Å². The minimum absolute atomic E-state index is 0.181. The van der Waals surface area contributed by atoms with Crippen LogP contribution in [0.3, 0.4) is 0 Å². The van der Waals surface area contributed by atoms with Gasteiger partial charge in [0, 0.05) is 18.1 Å². The molecular formula is C24H22N2O5S. The Morgan fingerprint density at radius 1 is 1.09 bits per heavy atom. The monoisotopic (exact) mass is 450 g/mol. The zero-order valence-electron chi connectivity index (χ0n) is 17.7. The van der Waals surface area contributed by atoms with Crippen LogP contribution in [0.15, 0.2) is 81.2 Å². The first-order valence-corrected chi connectivity index (χ1v) is 11.5. The molecule has 32 heavy (non-hydrogen) atoms. The lowest BCUT2D eigenvalue weighted by Gasteiger charge is -2.12. The number of benzene rings is 2. The Morgan fingerprint density at radius 2 is 1.88 bits per heavy atom. The Hall–Kier alpha value is -3.65. The second kappa shape index (κ2) is 8.84. The molecule has 4 aromatic rings. The number of rotatable bonds is 7. The van der Waals surface area contributed by atoms with Crippen LogP contribution in [-0.4, -0.2) is 26.4 Å². The van der Waals surface area contributed by atoms with E-state index in [0.29, 0.717) is 17.8 Å². The van der Waals surface area contributed by atoms with Crippen LogP contribution in [0, 0.1) is 0 Å². The lowest BCUT2D eigenvalue weighted by atomic mass is 10.2. The number of hydrogen-bond donors (Lipinski definition) is 1. The van der Waals surface area contributed by atoms with Gasteiger partial charge >= 0.3 is 0 Å². The fourth-order valence-corrected chi connectivity index (χ4v) is 4.96. The van der Waals surface area contributed by atoms with Crippen molar-refractivity contribution in [2.45, 2.75) is 29.7 Å². The van der Waals surface area contributed by atoms with Crippen LogP contribution in [0.5, 0.6) is 5.75 Å². The van der Waals surface area contributed by atoms with E-state index in [1.54, 1.807) is 67.0 Å². The third kappa shape index (κ3) is 4.22. The molecule has 2 aromatic heterocycles. The molecule has 2 heterocycles. The third-order valence-corrected chi connectivity index (χ3v) is 7.03. The number of aryl methyl sites for hydroxylation is 1. The van der Waals surface area contributed by atoms with Gasteiger partial charge in [0.1, 0.15) is 5.75 Å². The van der Waals surface area contributed by atoms with Crippen LogP contribution in [0.1, 0.15) is 28.6 Å². The first-order chi connectivity index (χ1) is 15.4. The molecule has 0 aliphatic heterocycles. The van der Waals surface area contributed by atoms with Crippen molar-refractivity contribution in [3.05, 3.63) is 83.9 Å². The van der Waals surface area contributed by atoms with Crippen molar-refractivity contribution in [3.63, 3.8) is 0 Å². The highest BCUT2D eigenvalue weighted by atomic mass is 32.2. The number of furan rings is 1. The highest BCUT2D eigenvalue weighted by Gasteiger charge is 2.22. The van der Waals surface area contributed by atoms with E-state index in [9.17, 15) is 13.2 Å². The molecule has 164 valence electrons. The van der Waals surface area contributed by atoms with Crippen LogP contribution in [-0.2, 0) is 22.8 Å². The zero-order valence-corrected chi connectivity index (χ0v) is 18.5. The van der Waals surface area contributed by atoms with E-state index in [1.165, 1.54) is 7.11 Å². The van der Waals surface area contributed by atoms with Gasteiger partial charge in [0.2, 0.25) is 9.84 Å². The number of nitrogens with one attached hydrogen (secondary N) is 1. The number of amides is 1. The van der Waals surface area contributed by atoms with Gasteiger partial charge in [-0.15, -0.1) is 0 Å². The summed E-state index contributed by atoms with van der Waals surface area (Å²) in [6.07, 6.45) is 3.77. The predicted octanol–water partition coefficient (Wildman–Crippen LogP) is 4.16. The molecule has 0 radical (unpaired) electrons. The molecule has 0 aliphatic carbocycles. The molecule has 4 rings (SSSR count). The smallest absolute Gasteiger partial charge is 0.287 e. The van der Waals surface area contributed by atoms with Crippen molar-refractivity contribution >= 4 is 26.7 Å². The molecule has 8 heteroatoms. The van der Waals surface area contributed by atoms with E-state index in [0.717, 1.165) is 16.5 Å². The number of ether oxygens (including phenoxy) is 1. The van der Waals surface area contributed by atoms with Crippen molar-refractivity contribution < 1.29 is 22.4 Å². The molecule has 0 fully saturated rings. The Morgan fingerprint density at radius 3 is 2.56 bits per heavy atom. The summed E-state index contributed by atoms with van der Waals surface area (Å²) < 4.78 is 37.1. The molecular weight excluding hydrogens is 428 g/mol. The Balaban J connectivity index is 1.50. The first kappa shape index (κ1) is 21.6. The molecule has 0 bridgehead atoms. The lowest BCUT2D eigenvalue weighted by Crippen LogP contribution is -2.22. The molecule has 2 aromatic carbocycles. The van der Waals surface area contributed by atoms with Gasteiger partial charge in [-0.05, 0) is 53.9 Å². The second-order valence-corrected chi connectivity index (χ2v) is 9.10. The van der Waals surface area contributed by atoms with Crippen LogP contribution in [0.2, 0.25) is 0 Å². The minimum atomic E-state index is -3.71. The Kier molecular flexibility index (Phi) is 5.96. The van der Waals surface area contributed by atoms with E-state index in [4.69, 9.17) is 9.15 Å². The normalized spacial score (nSPS) is 11.4. The van der Waals surface area contributed by atoms with Gasteiger partial charge in [-0.3, -0.25) is 9.78 Å². The number of carbonyl (C=O) groups excluding carboxylic acids is 1. The quantitative estimate of drug-likeness (QED) is 0.454. The summed E-state index contributed by atoms with van der Waals surface area (Å²) in [4.78, 5) is 16.8. The molecule has 0 atom stereocenters. The van der Waals surface area contributed by atoms with E-state index >= 15 is 0 Å². The molecule has 0 aliphatic rings. The maximum Gasteiger partial charge on any atom is 0.287 e. The number of nitrogens with zero attached hydrogens (tertiary/aromatic N) is 1. The van der Waals surface area contributed by atoms with Gasteiger partial charge in [-0.25, -0.2) is 8.42 Å². The van der Waals surface area contributed by atoms with Crippen molar-refractivity contribution in [1.82, 2.24) is 10.3 Å². The first-order valence-electron chi connectivity index (χ1n) is 10.0. The van der Waals surface area contributed by atoms with Crippen LogP contribution >= 0.6 is 0 Å². The van der Waals surface area contributed by atoms with Crippen molar-refractivity contribution in [1.29, 1.82) is 0 Å². The highest BCUT2D eigenvalue weighted by molar-refractivity contribution is 7.91. The van der Waals surface area contributed by atoms with Crippen molar-refractivity contribution in [2.75, 3.05) is 7.11 Å². The standard InChI is InChI=1S/C24H22N2O5S/c1-3-17-6-7-19(30-2)13-23(17)32(28,29)20-8-4-16(5-9-20)14-26-24(27)21-12-18-10-11-25-15-22(18)31-21/h4-13,15H,3,14H2,1-2H3,(H,26,27). The molecule has 0 saturated carbocycles. The summed E-state index contributed by atoms with van der Waals surface area (Å²) in [7, 11) is -2.21. The SMILES string of the molecule is CCc1ccc(OC)cc1S(=O)(=O)c1ccc(CNC(=O)c2cc3ccncc3o2)cc1. The van der Waals surface area contributed by atoms with Crippen molar-refractivity contribution in [3.8, 4) is 5.75 Å². The van der Waals surface area contributed by atoms with E-state index in [-0.39, 0.29) is 28.0 Å². The number of carbonyl (C=O) groups is 1. The summed E-state index contributed by atoms with van der Waals surface area (Å²) >= 11 is 0. The molecule has 1 amide bonds. The minimum Gasteiger partial charge on any atom is -0.497 e. The molecule has 0 saturated heterocycles. The molecule has 1 N–H and O–H groups in total. The van der Waals surface area contributed by atoms with Gasteiger partial charge in [-0.2, -0.15) is 0 Å². The van der Waals surface area contributed by atoms with Crippen LogP contribution < -0.4 is 10.1 Å². The maximum absolute atomic E-state index is 13.2.